The van der Waals surface area contributed by atoms with E-state index in [0.29, 0.717) is 15.7 Å². The van der Waals surface area contributed by atoms with Crippen molar-refractivity contribution in [2.75, 3.05) is 11.9 Å². The van der Waals surface area contributed by atoms with Crippen LogP contribution in [0.4, 0.5) is 11.4 Å². The van der Waals surface area contributed by atoms with Gasteiger partial charge < -0.3 is 10.6 Å². The number of nitrogens with zero attached hydrogens (tertiary/aromatic N) is 1. The molecule has 0 spiro atoms. The van der Waals surface area contributed by atoms with Crippen molar-refractivity contribution in [1.29, 1.82) is 0 Å². The van der Waals surface area contributed by atoms with Gasteiger partial charge in [0.2, 0.25) is 5.91 Å². The molecule has 1 heterocycles. The fourth-order valence-corrected chi connectivity index (χ4v) is 3.02. The molecular weight excluding hydrogens is 338 g/mol. The first-order valence-corrected chi connectivity index (χ1v) is 7.64. The number of carbonyl (C=O) groups excluding carboxylic acids is 1. The molecule has 1 aromatic carbocycles. The van der Waals surface area contributed by atoms with E-state index in [0.717, 1.165) is 25.8 Å². The number of amides is 1. The minimum Gasteiger partial charge on any atom is -0.323 e. The summed E-state index contributed by atoms with van der Waals surface area (Å²) in [4.78, 5) is 23.0. The van der Waals surface area contributed by atoms with Crippen LogP contribution in [-0.4, -0.2) is 22.9 Å². The number of nitrogens with one attached hydrogen (secondary N) is 2. The molecule has 1 fully saturated rings. The summed E-state index contributed by atoms with van der Waals surface area (Å²) in [7, 11) is 0. The second-order valence-corrected chi connectivity index (χ2v) is 6.40. The summed E-state index contributed by atoms with van der Waals surface area (Å²) in [5.74, 6) is -0.166. The summed E-state index contributed by atoms with van der Waals surface area (Å²) >= 11 is 3.34. The first kappa shape index (κ1) is 15.9. The third-order valence-electron chi connectivity index (χ3n) is 3.85. The number of anilines is 1. The number of nitro groups is 1. The lowest BCUT2D eigenvalue weighted by Gasteiger charge is -2.33. The number of piperidine rings is 1. The lowest BCUT2D eigenvalue weighted by molar-refractivity contribution is -0.385. The third kappa shape index (κ3) is 3.41. The van der Waals surface area contributed by atoms with Gasteiger partial charge >= 0.3 is 0 Å². The molecule has 1 amide bonds. The second-order valence-electron chi connectivity index (χ2n) is 5.55. The number of halogens is 1. The Kier molecular flexibility index (Phi) is 4.63. The van der Waals surface area contributed by atoms with Crippen molar-refractivity contribution in [3.05, 3.63) is 32.3 Å². The van der Waals surface area contributed by atoms with Crippen LogP contribution in [0, 0.1) is 17.0 Å². The number of aryl methyl sites for hydroxylation is 1. The van der Waals surface area contributed by atoms with Crippen LogP contribution < -0.4 is 10.6 Å². The molecule has 0 aromatic heterocycles. The Morgan fingerprint density at radius 1 is 1.48 bits per heavy atom. The molecule has 0 saturated carbocycles. The molecule has 114 valence electrons. The second kappa shape index (κ2) is 6.11. The summed E-state index contributed by atoms with van der Waals surface area (Å²) in [6, 6.07) is 3.04. The van der Waals surface area contributed by atoms with Gasteiger partial charge in [0.05, 0.1) is 16.1 Å². The number of hydrogen-bond donors (Lipinski definition) is 2. The minimum atomic E-state index is -0.628. The average molecular weight is 356 g/mol. The van der Waals surface area contributed by atoms with Crippen LogP contribution in [0.5, 0.6) is 0 Å². The smallest absolute Gasteiger partial charge is 0.274 e. The van der Waals surface area contributed by atoms with Gasteiger partial charge in [-0.1, -0.05) is 0 Å². The molecule has 1 aromatic rings. The van der Waals surface area contributed by atoms with Gasteiger partial charge in [0.15, 0.2) is 0 Å². The van der Waals surface area contributed by atoms with Crippen LogP contribution >= 0.6 is 15.9 Å². The van der Waals surface area contributed by atoms with Crippen LogP contribution in [0.2, 0.25) is 0 Å². The molecule has 21 heavy (non-hydrogen) atoms. The highest BCUT2D eigenvalue weighted by Crippen LogP contribution is 2.31. The van der Waals surface area contributed by atoms with Gasteiger partial charge in [0.1, 0.15) is 0 Å². The zero-order valence-electron chi connectivity index (χ0n) is 12.0. The molecule has 7 heteroatoms. The van der Waals surface area contributed by atoms with Crippen molar-refractivity contribution in [2.24, 2.45) is 0 Å². The largest absolute Gasteiger partial charge is 0.323 e. The van der Waals surface area contributed by atoms with Gasteiger partial charge in [-0.3, -0.25) is 14.9 Å². The zero-order valence-corrected chi connectivity index (χ0v) is 13.6. The Bertz CT molecular complexity index is 583. The highest BCUT2D eigenvalue weighted by atomic mass is 79.9. The molecule has 1 unspecified atom stereocenters. The van der Waals surface area contributed by atoms with Crippen LogP contribution in [0.25, 0.3) is 0 Å². The van der Waals surface area contributed by atoms with E-state index >= 15 is 0 Å². The molecule has 0 radical (unpaired) electrons. The van der Waals surface area contributed by atoms with Crippen LogP contribution in [0.15, 0.2) is 16.6 Å². The Balaban J connectivity index is 2.24. The summed E-state index contributed by atoms with van der Waals surface area (Å²) < 4.78 is 0.637. The number of nitro benzene ring substituents is 1. The molecule has 2 N–H and O–H groups in total. The average Bonchev–Trinajstić information content (AvgIpc) is 2.42. The standard InChI is InChI=1S/C14H18BrN3O3/c1-9-7-10(15)11(8-12(9)18(20)21)17-13(19)14(2)5-3-4-6-16-14/h7-8,16H,3-6H2,1-2H3,(H,17,19). The van der Waals surface area contributed by atoms with Crippen LogP contribution in [0.1, 0.15) is 31.7 Å². The molecule has 0 aliphatic carbocycles. The number of carbonyl (C=O) groups is 1. The maximum atomic E-state index is 12.4. The third-order valence-corrected chi connectivity index (χ3v) is 4.51. The Labute approximate surface area is 131 Å². The van der Waals surface area contributed by atoms with E-state index in [1.54, 1.807) is 13.0 Å². The fraction of sp³-hybridized carbons (Fsp3) is 0.500. The van der Waals surface area contributed by atoms with Gasteiger partial charge in [-0.15, -0.1) is 0 Å². The molecular formula is C14H18BrN3O3. The predicted molar refractivity (Wildman–Crippen MR) is 84.4 cm³/mol. The van der Waals surface area contributed by atoms with Crippen molar-refractivity contribution < 1.29 is 9.72 Å². The summed E-state index contributed by atoms with van der Waals surface area (Å²) in [5, 5.41) is 17.0. The summed E-state index contributed by atoms with van der Waals surface area (Å²) in [5.41, 5.74) is 0.338. The number of rotatable bonds is 3. The monoisotopic (exact) mass is 355 g/mol. The van der Waals surface area contributed by atoms with Crippen LogP contribution in [0.3, 0.4) is 0 Å². The van der Waals surface area contributed by atoms with E-state index in [1.807, 2.05) is 6.92 Å². The Hall–Kier alpha value is -1.47. The van der Waals surface area contributed by atoms with E-state index in [4.69, 9.17) is 0 Å². The van der Waals surface area contributed by atoms with Crippen LogP contribution in [-0.2, 0) is 4.79 Å². The maximum Gasteiger partial charge on any atom is 0.274 e. The molecule has 6 nitrogen and oxygen atoms in total. The van der Waals surface area contributed by atoms with E-state index in [9.17, 15) is 14.9 Å². The fourth-order valence-electron chi connectivity index (χ4n) is 2.46. The summed E-state index contributed by atoms with van der Waals surface area (Å²) in [6.07, 6.45) is 2.80. The SMILES string of the molecule is Cc1cc(Br)c(NC(=O)C2(C)CCCCN2)cc1[N+](=O)[O-]. The molecule has 2 rings (SSSR count). The molecule has 1 aliphatic heterocycles. The lowest BCUT2D eigenvalue weighted by Crippen LogP contribution is -2.54. The number of benzene rings is 1. The number of hydrogen-bond acceptors (Lipinski definition) is 4. The minimum absolute atomic E-state index is 0.00439. The maximum absolute atomic E-state index is 12.4. The van der Waals surface area contributed by atoms with Crippen molar-refractivity contribution in [2.45, 2.75) is 38.6 Å². The van der Waals surface area contributed by atoms with E-state index in [1.165, 1.54) is 6.07 Å². The normalized spacial score (nSPS) is 21.9. The van der Waals surface area contributed by atoms with Gasteiger partial charge in [-0.05, 0) is 61.7 Å². The first-order chi connectivity index (χ1) is 9.83. The van der Waals surface area contributed by atoms with Gasteiger partial charge in [-0.2, -0.15) is 0 Å². The zero-order chi connectivity index (χ0) is 15.6. The molecule has 1 atom stereocenters. The van der Waals surface area contributed by atoms with Gasteiger partial charge in [-0.25, -0.2) is 0 Å². The quantitative estimate of drug-likeness (QED) is 0.644. The van der Waals surface area contributed by atoms with E-state index in [2.05, 4.69) is 26.6 Å². The van der Waals surface area contributed by atoms with Crippen molar-refractivity contribution in [3.8, 4) is 0 Å². The topological polar surface area (TPSA) is 84.3 Å². The van der Waals surface area contributed by atoms with Crippen molar-refractivity contribution in [3.63, 3.8) is 0 Å². The van der Waals surface area contributed by atoms with E-state index in [-0.39, 0.29) is 11.6 Å². The van der Waals surface area contributed by atoms with Crippen molar-refractivity contribution in [1.82, 2.24) is 5.32 Å². The molecule has 1 aliphatic rings. The van der Waals surface area contributed by atoms with Gasteiger partial charge in [0.25, 0.3) is 5.69 Å². The highest BCUT2D eigenvalue weighted by Gasteiger charge is 2.34. The Morgan fingerprint density at radius 2 is 2.19 bits per heavy atom. The predicted octanol–water partition coefficient (Wildman–Crippen LogP) is 3.14. The van der Waals surface area contributed by atoms with Crippen molar-refractivity contribution >= 4 is 33.2 Å². The lowest BCUT2D eigenvalue weighted by atomic mass is 9.90. The highest BCUT2D eigenvalue weighted by molar-refractivity contribution is 9.10. The molecule has 1 saturated heterocycles. The summed E-state index contributed by atoms with van der Waals surface area (Å²) in [6.45, 7) is 4.33. The van der Waals surface area contributed by atoms with Gasteiger partial charge in [0, 0.05) is 16.1 Å². The molecule has 0 bridgehead atoms. The first-order valence-electron chi connectivity index (χ1n) is 6.84. The van der Waals surface area contributed by atoms with E-state index < -0.39 is 10.5 Å². The Morgan fingerprint density at radius 3 is 2.76 bits per heavy atom.